The monoisotopic (exact) mass is 430 g/mol. The van der Waals surface area contributed by atoms with Gasteiger partial charge in [0.15, 0.2) is 0 Å². The van der Waals surface area contributed by atoms with Crippen molar-refractivity contribution >= 4 is 23.6 Å². The van der Waals surface area contributed by atoms with Crippen LogP contribution in [0.3, 0.4) is 0 Å². The van der Waals surface area contributed by atoms with Crippen molar-refractivity contribution in [2.75, 3.05) is 12.3 Å². The molecule has 4 nitrogen and oxygen atoms in total. The summed E-state index contributed by atoms with van der Waals surface area (Å²) in [4.78, 5) is 27.1. The summed E-state index contributed by atoms with van der Waals surface area (Å²) in [5.41, 5.74) is 3.97. The molecule has 1 aliphatic rings. The molecule has 1 saturated heterocycles. The zero-order valence-electron chi connectivity index (χ0n) is 17.5. The number of carbonyl (C=O) groups excluding carboxylic acids is 2. The first-order valence-electron chi connectivity index (χ1n) is 10.5. The van der Waals surface area contributed by atoms with E-state index in [4.69, 9.17) is 0 Å². The van der Waals surface area contributed by atoms with Gasteiger partial charge in [-0.2, -0.15) is 0 Å². The van der Waals surface area contributed by atoms with Crippen LogP contribution in [0, 0.1) is 0 Å². The van der Waals surface area contributed by atoms with Crippen LogP contribution in [0.1, 0.15) is 45.4 Å². The normalized spacial score (nSPS) is 16.9. The van der Waals surface area contributed by atoms with Crippen molar-refractivity contribution in [3.63, 3.8) is 0 Å². The number of nitrogens with one attached hydrogen (secondary N) is 1. The second-order valence-electron chi connectivity index (χ2n) is 7.71. The molecule has 158 valence electrons. The Morgan fingerprint density at radius 1 is 1.00 bits per heavy atom. The SMILES string of the molecule is C[C@H](NC(=O)c1ccc([C@@H]2SCC(=O)N2CCc2ccccc2)cc1)c1ccccc1. The Morgan fingerprint density at radius 2 is 1.65 bits per heavy atom. The second-order valence-corrected chi connectivity index (χ2v) is 8.78. The Morgan fingerprint density at radius 3 is 2.32 bits per heavy atom. The maximum atomic E-state index is 12.7. The number of benzene rings is 3. The minimum atomic E-state index is -0.0982. The molecule has 2 amide bonds. The maximum Gasteiger partial charge on any atom is 0.251 e. The summed E-state index contributed by atoms with van der Waals surface area (Å²) in [6.45, 7) is 2.67. The van der Waals surface area contributed by atoms with Crippen molar-refractivity contribution in [1.29, 1.82) is 0 Å². The first kappa shape index (κ1) is 21.2. The van der Waals surface area contributed by atoms with E-state index in [9.17, 15) is 9.59 Å². The first-order valence-corrected chi connectivity index (χ1v) is 11.6. The Labute approximate surface area is 187 Å². The third-order valence-electron chi connectivity index (χ3n) is 5.56. The minimum Gasteiger partial charge on any atom is -0.346 e. The molecule has 1 N–H and O–H groups in total. The fraction of sp³-hybridized carbons (Fsp3) is 0.231. The number of amides is 2. The lowest BCUT2D eigenvalue weighted by atomic mass is 10.1. The van der Waals surface area contributed by atoms with Crippen LogP contribution in [0.4, 0.5) is 0 Å². The topological polar surface area (TPSA) is 49.4 Å². The number of hydrogen-bond acceptors (Lipinski definition) is 3. The molecule has 1 fully saturated rings. The molecule has 0 unspecified atom stereocenters. The number of hydrogen-bond donors (Lipinski definition) is 1. The van der Waals surface area contributed by atoms with Crippen LogP contribution in [0.15, 0.2) is 84.9 Å². The van der Waals surface area contributed by atoms with Gasteiger partial charge in [-0.3, -0.25) is 9.59 Å². The Hall–Kier alpha value is -3.05. The van der Waals surface area contributed by atoms with E-state index in [1.54, 1.807) is 11.8 Å². The first-order chi connectivity index (χ1) is 15.1. The van der Waals surface area contributed by atoms with E-state index in [1.165, 1.54) is 5.56 Å². The molecule has 1 heterocycles. The smallest absolute Gasteiger partial charge is 0.251 e. The maximum absolute atomic E-state index is 12.7. The average Bonchev–Trinajstić information content (AvgIpc) is 3.19. The lowest BCUT2D eigenvalue weighted by Gasteiger charge is -2.24. The minimum absolute atomic E-state index is 0.00318. The van der Waals surface area contributed by atoms with Gasteiger partial charge in [0.1, 0.15) is 5.37 Å². The lowest BCUT2D eigenvalue weighted by Crippen LogP contribution is -2.30. The van der Waals surface area contributed by atoms with E-state index in [0.29, 0.717) is 17.9 Å². The van der Waals surface area contributed by atoms with Crippen molar-refractivity contribution in [2.45, 2.75) is 24.8 Å². The van der Waals surface area contributed by atoms with Crippen LogP contribution in [-0.4, -0.2) is 29.0 Å². The Balaban J connectivity index is 1.40. The summed E-state index contributed by atoms with van der Waals surface area (Å²) in [6, 6.07) is 27.7. The average molecular weight is 431 g/mol. The number of thioether (sulfide) groups is 1. The molecule has 0 bridgehead atoms. The fourth-order valence-corrected chi connectivity index (χ4v) is 4.99. The highest BCUT2D eigenvalue weighted by atomic mass is 32.2. The summed E-state index contributed by atoms with van der Waals surface area (Å²) in [5.74, 6) is 0.569. The number of nitrogens with zero attached hydrogens (tertiary/aromatic N) is 1. The van der Waals surface area contributed by atoms with Crippen LogP contribution in [-0.2, 0) is 11.2 Å². The van der Waals surface area contributed by atoms with Crippen molar-refractivity contribution in [3.8, 4) is 0 Å². The van der Waals surface area contributed by atoms with Crippen LogP contribution < -0.4 is 5.32 Å². The predicted octanol–water partition coefficient (Wildman–Crippen LogP) is 4.99. The molecular weight excluding hydrogens is 404 g/mol. The van der Waals surface area contributed by atoms with Gasteiger partial charge in [-0.05, 0) is 42.2 Å². The zero-order valence-corrected chi connectivity index (χ0v) is 18.3. The molecule has 0 radical (unpaired) electrons. The van der Waals surface area contributed by atoms with Crippen LogP contribution in [0.25, 0.3) is 0 Å². The molecule has 4 rings (SSSR count). The highest BCUT2D eigenvalue weighted by Crippen LogP contribution is 2.38. The molecule has 2 atom stereocenters. The van der Waals surface area contributed by atoms with Gasteiger partial charge in [-0.15, -0.1) is 11.8 Å². The summed E-state index contributed by atoms with van der Waals surface area (Å²) in [5, 5.41) is 3.04. The van der Waals surface area contributed by atoms with Gasteiger partial charge in [-0.25, -0.2) is 0 Å². The van der Waals surface area contributed by atoms with Gasteiger partial charge in [-0.1, -0.05) is 72.8 Å². The van der Waals surface area contributed by atoms with Crippen LogP contribution in [0.2, 0.25) is 0 Å². The van der Waals surface area contributed by atoms with Crippen LogP contribution in [0.5, 0.6) is 0 Å². The quantitative estimate of drug-likeness (QED) is 0.574. The van der Waals surface area contributed by atoms with Gasteiger partial charge in [0.2, 0.25) is 5.91 Å². The molecule has 0 aromatic heterocycles. The van der Waals surface area contributed by atoms with Gasteiger partial charge >= 0.3 is 0 Å². The van der Waals surface area contributed by atoms with E-state index in [1.807, 2.05) is 84.6 Å². The molecule has 5 heteroatoms. The van der Waals surface area contributed by atoms with Crippen LogP contribution >= 0.6 is 11.8 Å². The van der Waals surface area contributed by atoms with E-state index in [-0.39, 0.29) is 23.2 Å². The van der Waals surface area contributed by atoms with Crippen molar-refractivity contribution < 1.29 is 9.59 Å². The predicted molar refractivity (Wildman–Crippen MR) is 126 cm³/mol. The molecule has 0 aliphatic carbocycles. The van der Waals surface area contributed by atoms with Gasteiger partial charge in [0.25, 0.3) is 5.91 Å². The highest BCUT2D eigenvalue weighted by Gasteiger charge is 2.32. The Bertz CT molecular complexity index is 1020. The molecule has 31 heavy (non-hydrogen) atoms. The highest BCUT2D eigenvalue weighted by molar-refractivity contribution is 8.00. The number of rotatable bonds is 7. The third-order valence-corrected chi connectivity index (χ3v) is 6.81. The number of carbonyl (C=O) groups is 2. The second kappa shape index (κ2) is 9.84. The zero-order chi connectivity index (χ0) is 21.6. The molecule has 0 spiro atoms. The van der Waals surface area contributed by atoms with Gasteiger partial charge in [0, 0.05) is 12.1 Å². The summed E-state index contributed by atoms with van der Waals surface area (Å²) in [7, 11) is 0. The summed E-state index contributed by atoms with van der Waals surface area (Å²) < 4.78 is 0. The largest absolute Gasteiger partial charge is 0.346 e. The molecule has 3 aromatic carbocycles. The molecular formula is C26H26N2O2S. The molecule has 3 aromatic rings. The molecule has 1 aliphatic heterocycles. The summed E-state index contributed by atoms with van der Waals surface area (Å²) >= 11 is 1.64. The van der Waals surface area contributed by atoms with E-state index < -0.39 is 0 Å². The van der Waals surface area contributed by atoms with E-state index >= 15 is 0 Å². The van der Waals surface area contributed by atoms with Crippen molar-refractivity contribution in [2.24, 2.45) is 0 Å². The fourth-order valence-electron chi connectivity index (χ4n) is 3.77. The van der Waals surface area contributed by atoms with Gasteiger partial charge < -0.3 is 10.2 Å². The molecule has 0 saturated carbocycles. The Kier molecular flexibility index (Phi) is 6.73. The standard InChI is InChI=1S/C26H26N2O2S/c1-19(21-10-6-3-7-11-21)27-25(30)22-12-14-23(15-13-22)26-28(24(29)18-31-26)17-16-20-8-4-2-5-9-20/h2-15,19,26H,16-18H2,1H3,(H,27,30)/t19-,26-/m0/s1. The lowest BCUT2D eigenvalue weighted by molar-refractivity contribution is -0.128. The summed E-state index contributed by atoms with van der Waals surface area (Å²) in [6.07, 6.45) is 0.835. The van der Waals surface area contributed by atoms with Gasteiger partial charge in [0.05, 0.1) is 11.8 Å². The van der Waals surface area contributed by atoms with Crippen molar-refractivity contribution in [3.05, 3.63) is 107 Å². The van der Waals surface area contributed by atoms with Crippen molar-refractivity contribution in [1.82, 2.24) is 10.2 Å². The third kappa shape index (κ3) is 5.17. The van der Waals surface area contributed by atoms with E-state index in [0.717, 1.165) is 17.5 Å². The van der Waals surface area contributed by atoms with E-state index in [2.05, 4.69) is 17.4 Å².